The first-order valence-electron chi connectivity index (χ1n) is 12.4. The van der Waals surface area contributed by atoms with E-state index in [-0.39, 0.29) is 39.0 Å². The SMILES string of the molecule is C=C(Oc1c(N)ncc2c(C3=CCN(C(=O)N4CCN(CC)CC4)CC3)coc12)c1c(Cl)ccc(F)c1Cl. The van der Waals surface area contributed by atoms with E-state index in [4.69, 9.17) is 38.1 Å². The Kier molecular flexibility index (Phi) is 7.52. The minimum absolute atomic E-state index is 0.00394. The highest BCUT2D eigenvalue weighted by Gasteiger charge is 2.27. The Labute approximate surface area is 230 Å². The molecule has 200 valence electrons. The standard InChI is InChI=1S/C27H28Cl2FN5O3/c1-3-33-10-12-35(13-11-33)27(36)34-8-6-17(7-9-34)19-15-37-24-18(19)14-32-26(31)25(24)38-16(2)22-20(28)4-5-21(30)23(22)29/h4-6,14-15H,2-3,7-13H2,1H3,(H2,31,32). The molecule has 0 atom stereocenters. The molecule has 38 heavy (non-hydrogen) atoms. The molecule has 2 aliphatic heterocycles. The van der Waals surface area contributed by atoms with E-state index in [9.17, 15) is 9.18 Å². The van der Waals surface area contributed by atoms with Crippen molar-refractivity contribution in [1.82, 2.24) is 19.7 Å². The Morgan fingerprint density at radius 1 is 1.21 bits per heavy atom. The van der Waals surface area contributed by atoms with E-state index >= 15 is 0 Å². The zero-order chi connectivity index (χ0) is 27.0. The molecule has 1 fully saturated rings. The van der Waals surface area contributed by atoms with E-state index in [1.807, 2.05) is 15.9 Å². The maximum Gasteiger partial charge on any atom is 0.320 e. The third kappa shape index (κ3) is 4.93. The smallest absolute Gasteiger partial charge is 0.320 e. The van der Waals surface area contributed by atoms with Gasteiger partial charge in [0.05, 0.1) is 27.3 Å². The number of halogens is 3. The molecule has 4 heterocycles. The third-order valence-electron chi connectivity index (χ3n) is 7.06. The number of carbonyl (C=O) groups excluding carboxylic acids is 1. The molecule has 2 aliphatic rings. The van der Waals surface area contributed by atoms with Crippen molar-refractivity contribution in [1.29, 1.82) is 0 Å². The lowest BCUT2D eigenvalue weighted by atomic mass is 9.99. The van der Waals surface area contributed by atoms with Crippen LogP contribution in [0.3, 0.4) is 0 Å². The van der Waals surface area contributed by atoms with E-state index in [0.717, 1.165) is 49.9 Å². The van der Waals surface area contributed by atoms with Crippen LogP contribution in [0.2, 0.25) is 10.0 Å². The van der Waals surface area contributed by atoms with Crippen LogP contribution in [-0.4, -0.2) is 71.5 Å². The van der Waals surface area contributed by atoms with E-state index in [1.165, 1.54) is 6.07 Å². The number of urea groups is 1. The summed E-state index contributed by atoms with van der Waals surface area (Å²) in [6.07, 6.45) is 5.94. The van der Waals surface area contributed by atoms with E-state index < -0.39 is 5.82 Å². The Morgan fingerprint density at radius 3 is 2.66 bits per heavy atom. The van der Waals surface area contributed by atoms with Crippen LogP contribution in [0.1, 0.15) is 24.5 Å². The van der Waals surface area contributed by atoms with E-state index in [2.05, 4.69) is 23.4 Å². The highest BCUT2D eigenvalue weighted by atomic mass is 35.5. The molecule has 0 bridgehead atoms. The highest BCUT2D eigenvalue weighted by molar-refractivity contribution is 6.37. The number of amides is 2. The molecule has 11 heteroatoms. The molecule has 2 amide bonds. The van der Waals surface area contributed by atoms with Crippen LogP contribution in [0, 0.1) is 5.82 Å². The monoisotopic (exact) mass is 559 g/mol. The number of pyridine rings is 1. The van der Waals surface area contributed by atoms with Gasteiger partial charge in [0, 0.05) is 51.0 Å². The molecule has 3 aromatic rings. The molecule has 0 radical (unpaired) electrons. The first kappa shape index (κ1) is 26.3. The van der Waals surface area contributed by atoms with E-state index in [1.54, 1.807) is 12.5 Å². The van der Waals surface area contributed by atoms with Crippen molar-refractivity contribution in [3.05, 3.63) is 64.2 Å². The average Bonchev–Trinajstić information content (AvgIpc) is 3.37. The normalized spacial score (nSPS) is 16.6. The summed E-state index contributed by atoms with van der Waals surface area (Å²) in [6.45, 7) is 11.4. The molecular formula is C27H28Cl2FN5O3. The first-order valence-corrected chi connectivity index (χ1v) is 13.2. The number of fused-ring (bicyclic) bond motifs is 1. The van der Waals surface area contributed by atoms with Crippen molar-refractivity contribution in [2.45, 2.75) is 13.3 Å². The van der Waals surface area contributed by atoms with Crippen molar-refractivity contribution < 1.29 is 18.3 Å². The van der Waals surface area contributed by atoms with Crippen LogP contribution in [0.5, 0.6) is 5.75 Å². The molecule has 1 saturated heterocycles. The van der Waals surface area contributed by atoms with Crippen LogP contribution < -0.4 is 10.5 Å². The molecule has 0 saturated carbocycles. The fourth-order valence-electron chi connectivity index (χ4n) is 4.83. The Morgan fingerprint density at radius 2 is 1.97 bits per heavy atom. The van der Waals surface area contributed by atoms with Crippen molar-refractivity contribution in [2.75, 3.05) is 51.5 Å². The molecule has 0 unspecified atom stereocenters. The predicted octanol–water partition coefficient (Wildman–Crippen LogP) is 5.75. The van der Waals surface area contributed by atoms with Gasteiger partial charge in [-0.1, -0.05) is 42.8 Å². The number of hydrogen-bond donors (Lipinski definition) is 1. The molecule has 0 aliphatic carbocycles. The fraction of sp³-hybridized carbons (Fsp3) is 0.333. The molecule has 2 aromatic heterocycles. The van der Waals surface area contributed by atoms with Crippen molar-refractivity contribution in [2.24, 2.45) is 0 Å². The minimum Gasteiger partial charge on any atom is -0.460 e. The van der Waals surface area contributed by atoms with Crippen molar-refractivity contribution in [3.8, 4) is 5.75 Å². The third-order valence-corrected chi connectivity index (χ3v) is 7.75. The van der Waals surface area contributed by atoms with Gasteiger partial charge in [0.15, 0.2) is 11.4 Å². The first-order chi connectivity index (χ1) is 18.3. The molecule has 0 spiro atoms. The molecule has 2 N–H and O–H groups in total. The lowest BCUT2D eigenvalue weighted by Gasteiger charge is -2.38. The Bertz CT molecular complexity index is 1430. The number of nitrogens with two attached hydrogens (primary N) is 1. The zero-order valence-electron chi connectivity index (χ0n) is 21.0. The second-order valence-electron chi connectivity index (χ2n) is 9.24. The van der Waals surface area contributed by atoms with Gasteiger partial charge in [-0.3, -0.25) is 0 Å². The summed E-state index contributed by atoms with van der Waals surface area (Å²) in [7, 11) is 0. The minimum atomic E-state index is -0.652. The van der Waals surface area contributed by atoms with Gasteiger partial charge in [0.2, 0.25) is 5.75 Å². The Hall–Kier alpha value is -3.27. The number of ether oxygens (including phenoxy) is 1. The summed E-state index contributed by atoms with van der Waals surface area (Å²) in [5.74, 6) is -0.444. The van der Waals surface area contributed by atoms with Crippen LogP contribution in [0.25, 0.3) is 22.3 Å². The number of benzene rings is 1. The number of carbonyl (C=O) groups is 1. The molecule has 8 nitrogen and oxygen atoms in total. The highest BCUT2D eigenvalue weighted by Crippen LogP contribution is 2.40. The second-order valence-corrected chi connectivity index (χ2v) is 10.0. The number of furan rings is 1. The van der Waals surface area contributed by atoms with Gasteiger partial charge >= 0.3 is 6.03 Å². The Balaban J connectivity index is 1.35. The summed E-state index contributed by atoms with van der Waals surface area (Å²) < 4.78 is 25.8. The van der Waals surface area contributed by atoms with Crippen molar-refractivity contribution in [3.63, 3.8) is 0 Å². The number of likely N-dealkylation sites (N-methyl/N-ethyl adjacent to an activating group) is 1. The van der Waals surface area contributed by atoms with Gasteiger partial charge < -0.3 is 29.6 Å². The predicted molar refractivity (Wildman–Crippen MR) is 148 cm³/mol. The van der Waals surface area contributed by atoms with Gasteiger partial charge in [-0.15, -0.1) is 0 Å². The number of hydrogen-bond acceptors (Lipinski definition) is 6. The number of nitrogens with zero attached hydrogens (tertiary/aromatic N) is 4. The maximum atomic E-state index is 14.0. The van der Waals surface area contributed by atoms with Crippen LogP contribution in [-0.2, 0) is 0 Å². The van der Waals surface area contributed by atoms with Crippen LogP contribution in [0.15, 0.2) is 41.7 Å². The summed E-state index contributed by atoms with van der Waals surface area (Å²) in [6, 6.07) is 2.61. The summed E-state index contributed by atoms with van der Waals surface area (Å²) in [5, 5.41) is 0.666. The largest absolute Gasteiger partial charge is 0.460 e. The summed E-state index contributed by atoms with van der Waals surface area (Å²) in [4.78, 5) is 23.4. The van der Waals surface area contributed by atoms with Gasteiger partial charge in [-0.25, -0.2) is 14.2 Å². The van der Waals surface area contributed by atoms with Crippen LogP contribution >= 0.6 is 23.2 Å². The van der Waals surface area contributed by atoms with Crippen LogP contribution in [0.4, 0.5) is 15.0 Å². The second kappa shape index (κ2) is 10.8. The number of rotatable bonds is 5. The van der Waals surface area contributed by atoms with Gasteiger partial charge in [0.1, 0.15) is 11.6 Å². The number of nitrogen functional groups attached to an aromatic ring is 1. The summed E-state index contributed by atoms with van der Waals surface area (Å²) in [5.41, 5.74) is 8.47. The van der Waals surface area contributed by atoms with Gasteiger partial charge in [0.25, 0.3) is 0 Å². The average molecular weight is 560 g/mol. The zero-order valence-corrected chi connectivity index (χ0v) is 22.5. The lowest BCUT2D eigenvalue weighted by Crippen LogP contribution is -2.53. The summed E-state index contributed by atoms with van der Waals surface area (Å²) >= 11 is 12.3. The number of anilines is 1. The quantitative estimate of drug-likeness (QED) is 0.316. The lowest BCUT2D eigenvalue weighted by molar-refractivity contribution is 0.117. The number of piperazine rings is 1. The van der Waals surface area contributed by atoms with Crippen molar-refractivity contribution >= 4 is 57.4 Å². The van der Waals surface area contributed by atoms with Gasteiger partial charge in [-0.2, -0.15) is 0 Å². The maximum absolute atomic E-state index is 14.0. The fourth-order valence-corrected chi connectivity index (χ4v) is 5.41. The van der Waals surface area contributed by atoms with Gasteiger partial charge in [-0.05, 0) is 30.7 Å². The number of aromatic nitrogens is 1. The molecule has 5 rings (SSSR count). The molecule has 1 aromatic carbocycles. The van der Waals surface area contributed by atoms with E-state index in [0.29, 0.717) is 30.5 Å². The molecular weight excluding hydrogens is 532 g/mol. The topological polar surface area (TPSA) is 88.1 Å².